The lowest BCUT2D eigenvalue weighted by Gasteiger charge is -2.10. The maximum absolute atomic E-state index is 13.5. The van der Waals surface area contributed by atoms with Crippen LogP contribution in [0.4, 0.5) is 14.5 Å². The van der Waals surface area contributed by atoms with E-state index in [1.807, 2.05) is 0 Å². The predicted octanol–water partition coefficient (Wildman–Crippen LogP) is 4.23. The fourth-order valence-electron chi connectivity index (χ4n) is 1.53. The topological polar surface area (TPSA) is 49.3 Å². The number of anilines is 1. The van der Waals surface area contributed by atoms with Gasteiger partial charge >= 0.3 is 0 Å². The van der Waals surface area contributed by atoms with Gasteiger partial charge < -0.3 is 10.4 Å². The molecule has 0 heterocycles. The highest BCUT2D eigenvalue weighted by Gasteiger charge is 2.16. The maximum atomic E-state index is 13.5. The normalized spacial score (nSPS) is 10.4. The van der Waals surface area contributed by atoms with E-state index in [9.17, 15) is 13.6 Å². The highest BCUT2D eigenvalue weighted by molar-refractivity contribution is 6.40. The summed E-state index contributed by atoms with van der Waals surface area (Å²) in [6.45, 7) is 0. The van der Waals surface area contributed by atoms with Gasteiger partial charge in [-0.3, -0.25) is 4.79 Å². The van der Waals surface area contributed by atoms with E-state index in [0.717, 1.165) is 30.3 Å². The molecule has 0 radical (unpaired) electrons. The summed E-state index contributed by atoms with van der Waals surface area (Å²) >= 11 is 11.5. The summed E-state index contributed by atoms with van der Waals surface area (Å²) in [5, 5.41) is 11.1. The summed E-state index contributed by atoms with van der Waals surface area (Å²) in [4.78, 5) is 11.9. The molecule has 2 rings (SSSR count). The van der Waals surface area contributed by atoms with Crippen LogP contribution in [0.2, 0.25) is 10.0 Å². The van der Waals surface area contributed by atoms with E-state index in [1.165, 1.54) is 0 Å². The van der Waals surface area contributed by atoms with Crippen molar-refractivity contribution in [2.75, 3.05) is 5.32 Å². The van der Waals surface area contributed by atoms with Gasteiger partial charge in [-0.05, 0) is 24.3 Å². The van der Waals surface area contributed by atoms with Gasteiger partial charge in [0.2, 0.25) is 0 Å². The fourth-order valence-corrected chi connectivity index (χ4v) is 2.09. The van der Waals surface area contributed by atoms with E-state index >= 15 is 0 Å². The van der Waals surface area contributed by atoms with E-state index in [0.29, 0.717) is 0 Å². The third kappa shape index (κ3) is 3.00. The van der Waals surface area contributed by atoms with E-state index < -0.39 is 17.5 Å². The summed E-state index contributed by atoms with van der Waals surface area (Å²) in [5.74, 6) is -2.69. The number of aromatic hydroxyl groups is 1. The lowest BCUT2D eigenvalue weighted by Crippen LogP contribution is -2.14. The van der Waals surface area contributed by atoms with Crippen LogP contribution >= 0.6 is 23.2 Å². The Morgan fingerprint density at radius 1 is 1.10 bits per heavy atom. The van der Waals surface area contributed by atoms with Crippen LogP contribution in [0.25, 0.3) is 0 Å². The molecule has 0 saturated carbocycles. The minimum Gasteiger partial charge on any atom is -0.508 e. The molecule has 20 heavy (non-hydrogen) atoms. The molecular formula is C13H7Cl2F2NO2. The van der Waals surface area contributed by atoms with Crippen LogP contribution in [0.3, 0.4) is 0 Å². The number of rotatable bonds is 2. The van der Waals surface area contributed by atoms with Crippen LogP contribution in [0.5, 0.6) is 5.75 Å². The summed E-state index contributed by atoms with van der Waals surface area (Å²) in [5.41, 5.74) is -0.327. The summed E-state index contributed by atoms with van der Waals surface area (Å²) in [6, 6.07) is 4.99. The molecule has 0 bridgehead atoms. The van der Waals surface area contributed by atoms with Crippen LogP contribution in [-0.2, 0) is 0 Å². The SMILES string of the molecule is O=C(Nc1c(Cl)cc(F)cc1Cl)c1ccc(O)cc1F. The van der Waals surface area contributed by atoms with Gasteiger partial charge in [-0.15, -0.1) is 0 Å². The van der Waals surface area contributed by atoms with Crippen LogP contribution < -0.4 is 5.32 Å². The van der Waals surface area contributed by atoms with Crippen LogP contribution in [0, 0.1) is 11.6 Å². The molecule has 0 saturated heterocycles. The molecule has 0 aromatic heterocycles. The highest BCUT2D eigenvalue weighted by Crippen LogP contribution is 2.32. The monoisotopic (exact) mass is 317 g/mol. The molecule has 3 nitrogen and oxygen atoms in total. The molecule has 2 aromatic carbocycles. The van der Waals surface area contributed by atoms with Gasteiger partial charge in [0.15, 0.2) is 0 Å². The zero-order chi connectivity index (χ0) is 14.9. The third-order valence-electron chi connectivity index (χ3n) is 2.44. The Labute approximate surface area is 122 Å². The first-order valence-electron chi connectivity index (χ1n) is 5.33. The number of hydrogen-bond acceptors (Lipinski definition) is 2. The second-order valence-electron chi connectivity index (χ2n) is 3.86. The van der Waals surface area contributed by atoms with Crippen molar-refractivity contribution >= 4 is 34.8 Å². The van der Waals surface area contributed by atoms with Crippen molar-refractivity contribution in [3.63, 3.8) is 0 Å². The molecule has 0 aliphatic carbocycles. The Bertz CT molecular complexity index is 669. The van der Waals surface area contributed by atoms with Crippen molar-refractivity contribution < 1.29 is 18.7 Å². The van der Waals surface area contributed by atoms with E-state index in [2.05, 4.69) is 5.32 Å². The van der Waals surface area contributed by atoms with Gasteiger partial charge in [0, 0.05) is 6.07 Å². The van der Waals surface area contributed by atoms with Gasteiger partial charge in [0.1, 0.15) is 17.4 Å². The molecule has 1 amide bonds. The molecule has 2 aromatic rings. The van der Waals surface area contributed by atoms with Crippen LogP contribution in [0.1, 0.15) is 10.4 Å². The number of benzene rings is 2. The van der Waals surface area contributed by atoms with Crippen molar-refractivity contribution in [3.8, 4) is 5.75 Å². The van der Waals surface area contributed by atoms with E-state index in [4.69, 9.17) is 28.3 Å². The Balaban J connectivity index is 2.33. The number of hydrogen-bond donors (Lipinski definition) is 2. The number of halogens is 4. The number of phenols is 1. The summed E-state index contributed by atoms with van der Waals surface area (Å²) < 4.78 is 26.5. The maximum Gasteiger partial charge on any atom is 0.258 e. The van der Waals surface area contributed by atoms with Crippen molar-refractivity contribution in [2.45, 2.75) is 0 Å². The zero-order valence-electron chi connectivity index (χ0n) is 9.75. The third-order valence-corrected chi connectivity index (χ3v) is 3.04. The average Bonchev–Trinajstić information content (AvgIpc) is 2.33. The Hall–Kier alpha value is -1.85. The number of nitrogens with one attached hydrogen (secondary N) is 1. The molecule has 0 atom stereocenters. The lowest BCUT2D eigenvalue weighted by atomic mass is 10.2. The van der Waals surface area contributed by atoms with Crippen molar-refractivity contribution in [1.82, 2.24) is 0 Å². The predicted molar refractivity (Wildman–Crippen MR) is 72.4 cm³/mol. The molecule has 0 aliphatic rings. The van der Waals surface area contributed by atoms with E-state index in [-0.39, 0.29) is 27.0 Å². The average molecular weight is 318 g/mol. The summed E-state index contributed by atoms with van der Waals surface area (Å²) in [7, 11) is 0. The second kappa shape index (κ2) is 5.64. The van der Waals surface area contributed by atoms with Gasteiger partial charge in [-0.2, -0.15) is 0 Å². The summed E-state index contributed by atoms with van der Waals surface area (Å²) in [6.07, 6.45) is 0. The lowest BCUT2D eigenvalue weighted by molar-refractivity contribution is 0.102. The van der Waals surface area contributed by atoms with Gasteiger partial charge in [0.05, 0.1) is 21.3 Å². The first kappa shape index (κ1) is 14.6. The molecule has 0 unspecified atom stereocenters. The first-order valence-corrected chi connectivity index (χ1v) is 6.08. The van der Waals surface area contributed by atoms with Crippen molar-refractivity contribution in [1.29, 1.82) is 0 Å². The highest BCUT2D eigenvalue weighted by atomic mass is 35.5. The fraction of sp³-hybridized carbons (Fsp3) is 0. The molecule has 0 aliphatic heterocycles. The van der Waals surface area contributed by atoms with Gasteiger partial charge in [0.25, 0.3) is 5.91 Å². The number of amides is 1. The number of carbonyl (C=O) groups excluding carboxylic acids is 1. The van der Waals surface area contributed by atoms with Gasteiger partial charge in [-0.1, -0.05) is 23.2 Å². The Kier molecular flexibility index (Phi) is 4.11. The Morgan fingerprint density at radius 3 is 2.25 bits per heavy atom. The second-order valence-corrected chi connectivity index (χ2v) is 4.68. The smallest absolute Gasteiger partial charge is 0.258 e. The molecule has 2 N–H and O–H groups in total. The molecule has 0 spiro atoms. The standard InChI is InChI=1S/C13H7Cl2F2NO2/c14-9-3-6(16)4-10(15)12(9)18-13(20)8-2-1-7(19)5-11(8)17/h1-5,19H,(H,18,20). The zero-order valence-corrected chi connectivity index (χ0v) is 11.3. The largest absolute Gasteiger partial charge is 0.508 e. The number of phenolic OH excluding ortho intramolecular Hbond substituents is 1. The quantitative estimate of drug-likeness (QED) is 0.870. The Morgan fingerprint density at radius 2 is 1.70 bits per heavy atom. The number of carbonyl (C=O) groups is 1. The molecular weight excluding hydrogens is 311 g/mol. The van der Waals surface area contributed by atoms with Crippen molar-refractivity contribution in [2.24, 2.45) is 0 Å². The van der Waals surface area contributed by atoms with Crippen molar-refractivity contribution in [3.05, 3.63) is 57.6 Å². The van der Waals surface area contributed by atoms with Crippen LogP contribution in [0.15, 0.2) is 30.3 Å². The molecule has 7 heteroatoms. The van der Waals surface area contributed by atoms with E-state index in [1.54, 1.807) is 0 Å². The molecule has 0 fully saturated rings. The minimum absolute atomic E-state index is 0.0211. The van der Waals surface area contributed by atoms with Gasteiger partial charge in [-0.25, -0.2) is 8.78 Å². The molecule has 104 valence electrons. The minimum atomic E-state index is -0.906. The first-order chi connectivity index (χ1) is 9.38. The van der Waals surface area contributed by atoms with Crippen LogP contribution in [-0.4, -0.2) is 11.0 Å².